The van der Waals surface area contributed by atoms with E-state index in [1.807, 2.05) is 4.90 Å². The van der Waals surface area contributed by atoms with E-state index in [2.05, 4.69) is 14.3 Å². The van der Waals surface area contributed by atoms with Gasteiger partial charge in [0, 0.05) is 44.7 Å². The molecule has 3 rings (SSSR count). The third-order valence-corrected chi connectivity index (χ3v) is 4.83. The number of hydrogen-bond donors (Lipinski definition) is 0. The van der Waals surface area contributed by atoms with E-state index >= 15 is 0 Å². The van der Waals surface area contributed by atoms with Crippen molar-refractivity contribution in [3.63, 3.8) is 0 Å². The largest absolute Gasteiger partial charge is 0.384 e. The SMILES string of the molecule is COCCc1nsc(N2CCOC(C(=O)N3CCCC3)C2)n1. The monoisotopic (exact) mass is 326 g/mol. The highest BCUT2D eigenvalue weighted by Crippen LogP contribution is 2.22. The lowest BCUT2D eigenvalue weighted by atomic mass is 10.2. The Hall–Kier alpha value is -1.25. The number of carbonyl (C=O) groups is 1. The van der Waals surface area contributed by atoms with Crippen molar-refractivity contribution in [1.29, 1.82) is 0 Å². The molecule has 122 valence electrons. The average molecular weight is 326 g/mol. The first-order valence-electron chi connectivity index (χ1n) is 7.75. The number of methoxy groups -OCH3 is 1. The number of carbonyl (C=O) groups excluding carboxylic acids is 1. The van der Waals surface area contributed by atoms with Gasteiger partial charge in [-0.05, 0) is 12.8 Å². The first-order valence-corrected chi connectivity index (χ1v) is 8.52. The molecule has 0 radical (unpaired) electrons. The summed E-state index contributed by atoms with van der Waals surface area (Å²) in [5, 5.41) is 0.869. The Morgan fingerprint density at radius 2 is 2.23 bits per heavy atom. The second-order valence-corrected chi connectivity index (χ2v) is 6.30. The Bertz CT molecular complexity index is 504. The molecule has 0 aromatic carbocycles. The molecular formula is C14H22N4O3S. The van der Waals surface area contributed by atoms with Gasteiger partial charge >= 0.3 is 0 Å². The van der Waals surface area contributed by atoms with Crippen LogP contribution in [0.15, 0.2) is 0 Å². The standard InChI is InChI=1S/C14H22N4O3S/c1-20-8-4-12-15-14(22-16-12)18-7-9-21-11(10-18)13(19)17-5-2-3-6-17/h11H,2-10H2,1H3. The number of aromatic nitrogens is 2. The van der Waals surface area contributed by atoms with Crippen molar-refractivity contribution in [2.75, 3.05) is 51.4 Å². The molecule has 1 unspecified atom stereocenters. The van der Waals surface area contributed by atoms with Crippen LogP contribution in [0.1, 0.15) is 18.7 Å². The van der Waals surface area contributed by atoms with E-state index in [9.17, 15) is 4.79 Å². The van der Waals surface area contributed by atoms with E-state index in [0.29, 0.717) is 26.2 Å². The van der Waals surface area contributed by atoms with Crippen molar-refractivity contribution in [3.05, 3.63) is 5.82 Å². The zero-order chi connectivity index (χ0) is 15.4. The normalized spacial score (nSPS) is 22.3. The van der Waals surface area contributed by atoms with Gasteiger partial charge in [0.25, 0.3) is 5.91 Å². The molecule has 2 fully saturated rings. The summed E-state index contributed by atoms with van der Waals surface area (Å²) in [6.45, 7) is 4.21. The topological polar surface area (TPSA) is 67.8 Å². The zero-order valence-corrected chi connectivity index (χ0v) is 13.7. The third kappa shape index (κ3) is 3.56. The summed E-state index contributed by atoms with van der Waals surface area (Å²) in [7, 11) is 1.67. The first-order chi connectivity index (χ1) is 10.8. The molecule has 7 nitrogen and oxygen atoms in total. The minimum absolute atomic E-state index is 0.117. The molecule has 0 aliphatic carbocycles. The van der Waals surface area contributed by atoms with Gasteiger partial charge < -0.3 is 19.3 Å². The number of rotatable bonds is 5. The lowest BCUT2D eigenvalue weighted by Gasteiger charge is -2.33. The van der Waals surface area contributed by atoms with Crippen molar-refractivity contribution in [1.82, 2.24) is 14.3 Å². The number of hydrogen-bond acceptors (Lipinski definition) is 7. The summed E-state index contributed by atoms with van der Waals surface area (Å²) in [6, 6.07) is 0. The molecule has 22 heavy (non-hydrogen) atoms. The summed E-state index contributed by atoms with van der Waals surface area (Å²) >= 11 is 1.38. The highest BCUT2D eigenvalue weighted by atomic mass is 32.1. The van der Waals surface area contributed by atoms with Gasteiger partial charge in [-0.3, -0.25) is 4.79 Å². The maximum Gasteiger partial charge on any atom is 0.253 e. The molecule has 1 aromatic heterocycles. The predicted molar refractivity (Wildman–Crippen MR) is 83.3 cm³/mol. The van der Waals surface area contributed by atoms with E-state index in [4.69, 9.17) is 9.47 Å². The Kier molecular flexibility index (Phi) is 5.22. The maximum absolute atomic E-state index is 12.4. The summed E-state index contributed by atoms with van der Waals surface area (Å²) < 4.78 is 15.1. The molecule has 8 heteroatoms. The summed E-state index contributed by atoms with van der Waals surface area (Å²) in [6.07, 6.45) is 2.54. The van der Waals surface area contributed by atoms with Gasteiger partial charge in [-0.25, -0.2) is 4.98 Å². The molecule has 0 bridgehead atoms. The lowest BCUT2D eigenvalue weighted by molar-refractivity contribution is -0.143. The van der Waals surface area contributed by atoms with Crippen molar-refractivity contribution in [2.45, 2.75) is 25.4 Å². The Balaban J connectivity index is 1.60. The van der Waals surface area contributed by atoms with E-state index < -0.39 is 0 Å². The van der Waals surface area contributed by atoms with Crippen LogP contribution in [0.3, 0.4) is 0 Å². The molecule has 3 heterocycles. The van der Waals surface area contributed by atoms with Crippen molar-refractivity contribution < 1.29 is 14.3 Å². The minimum Gasteiger partial charge on any atom is -0.384 e. The molecule has 0 spiro atoms. The van der Waals surface area contributed by atoms with Gasteiger partial charge in [-0.1, -0.05) is 0 Å². The van der Waals surface area contributed by atoms with Crippen molar-refractivity contribution in [3.8, 4) is 0 Å². The number of amides is 1. The molecule has 2 aliphatic heterocycles. The van der Waals surface area contributed by atoms with Gasteiger partial charge in [0.2, 0.25) is 5.13 Å². The molecular weight excluding hydrogens is 304 g/mol. The quantitative estimate of drug-likeness (QED) is 0.787. The smallest absolute Gasteiger partial charge is 0.253 e. The minimum atomic E-state index is -0.377. The second-order valence-electron chi connectivity index (χ2n) is 5.57. The fourth-order valence-corrected chi connectivity index (χ4v) is 3.53. The van der Waals surface area contributed by atoms with E-state index in [0.717, 1.165) is 43.4 Å². The number of nitrogens with zero attached hydrogens (tertiary/aromatic N) is 4. The van der Waals surface area contributed by atoms with Gasteiger partial charge in [-0.15, -0.1) is 0 Å². The fourth-order valence-electron chi connectivity index (χ4n) is 2.78. The summed E-state index contributed by atoms with van der Waals surface area (Å²) in [4.78, 5) is 21.0. The molecule has 0 saturated carbocycles. The van der Waals surface area contributed by atoms with Crippen LogP contribution in [0, 0.1) is 0 Å². The highest BCUT2D eigenvalue weighted by molar-refractivity contribution is 7.09. The summed E-state index contributed by atoms with van der Waals surface area (Å²) in [5.41, 5.74) is 0. The molecule has 1 amide bonds. The van der Waals surface area contributed by atoms with E-state index in [-0.39, 0.29) is 12.0 Å². The van der Waals surface area contributed by atoms with Crippen molar-refractivity contribution in [2.24, 2.45) is 0 Å². The zero-order valence-electron chi connectivity index (χ0n) is 12.9. The number of anilines is 1. The van der Waals surface area contributed by atoms with Gasteiger partial charge in [0.15, 0.2) is 6.10 Å². The van der Waals surface area contributed by atoms with Crippen LogP contribution in [-0.4, -0.2) is 72.8 Å². The first kappa shape index (κ1) is 15.6. The summed E-state index contributed by atoms with van der Waals surface area (Å²) in [5.74, 6) is 0.919. The van der Waals surface area contributed by atoms with Crippen LogP contribution in [0.5, 0.6) is 0 Å². The number of likely N-dealkylation sites (tertiary alicyclic amines) is 1. The molecule has 2 saturated heterocycles. The fraction of sp³-hybridized carbons (Fsp3) is 0.786. The number of morpholine rings is 1. The van der Waals surface area contributed by atoms with Crippen molar-refractivity contribution >= 4 is 22.6 Å². The predicted octanol–water partition coefficient (Wildman–Crippen LogP) is 0.555. The van der Waals surface area contributed by atoms with Crippen LogP contribution in [0.25, 0.3) is 0 Å². The highest BCUT2D eigenvalue weighted by Gasteiger charge is 2.32. The van der Waals surface area contributed by atoms with Gasteiger partial charge in [0.05, 0.1) is 19.8 Å². The maximum atomic E-state index is 12.4. The molecule has 1 aromatic rings. The van der Waals surface area contributed by atoms with Crippen LogP contribution in [0.2, 0.25) is 0 Å². The van der Waals surface area contributed by atoms with E-state index in [1.165, 1.54) is 11.5 Å². The van der Waals surface area contributed by atoms with Crippen LogP contribution >= 0.6 is 11.5 Å². The number of ether oxygens (including phenoxy) is 2. The molecule has 0 N–H and O–H groups in total. The van der Waals surface area contributed by atoms with Gasteiger partial charge in [-0.2, -0.15) is 4.37 Å². The van der Waals surface area contributed by atoms with Gasteiger partial charge in [0.1, 0.15) is 5.82 Å². The van der Waals surface area contributed by atoms with Crippen LogP contribution < -0.4 is 4.90 Å². The Morgan fingerprint density at radius 1 is 1.41 bits per heavy atom. The van der Waals surface area contributed by atoms with E-state index in [1.54, 1.807) is 7.11 Å². The second kappa shape index (κ2) is 7.34. The Morgan fingerprint density at radius 3 is 3.00 bits per heavy atom. The van der Waals surface area contributed by atoms with Crippen LogP contribution in [0.4, 0.5) is 5.13 Å². The third-order valence-electron chi connectivity index (χ3n) is 4.02. The van der Waals surface area contributed by atoms with Crippen LogP contribution in [-0.2, 0) is 20.7 Å². The Labute approximate surface area is 134 Å². The lowest BCUT2D eigenvalue weighted by Crippen LogP contribution is -2.50. The molecule has 1 atom stereocenters. The molecule has 2 aliphatic rings. The average Bonchev–Trinajstić information content (AvgIpc) is 3.24.